The fraction of sp³-hybridized carbons (Fsp3) is 0.154. The van der Waals surface area contributed by atoms with Gasteiger partial charge in [-0.25, -0.2) is 0 Å². The van der Waals surface area contributed by atoms with Gasteiger partial charge in [-0.3, -0.25) is 4.79 Å². The molecule has 0 radical (unpaired) electrons. The first-order valence-corrected chi connectivity index (χ1v) is 6.82. The number of phenols is 2. The zero-order valence-electron chi connectivity index (χ0n) is 10.3. The predicted octanol–water partition coefficient (Wildman–Crippen LogP) is 4.18. The molecule has 3 N–H and O–H groups in total. The Kier molecular flexibility index (Phi) is 4.18. The van der Waals surface area contributed by atoms with Gasteiger partial charge in [-0.2, -0.15) is 0 Å². The second-order valence-corrected chi connectivity index (χ2v) is 5.27. The van der Waals surface area contributed by atoms with E-state index in [1.165, 1.54) is 12.3 Å². The van der Waals surface area contributed by atoms with Gasteiger partial charge in [0.05, 0.1) is 15.6 Å². The molecule has 2 rings (SSSR count). The Morgan fingerprint density at radius 3 is 2.40 bits per heavy atom. The molecule has 0 fully saturated rings. The van der Waals surface area contributed by atoms with Gasteiger partial charge in [0.2, 0.25) is 5.78 Å². The molecular formula is C13H10Cl3NO3. The molecule has 7 heteroatoms. The highest BCUT2D eigenvalue weighted by Gasteiger charge is 2.26. The fourth-order valence-electron chi connectivity index (χ4n) is 1.85. The number of carbonyl (C=O) groups excluding carboxylic acids is 1. The number of phenolic OH excluding ortho intramolecular Hbond substituents is 2. The van der Waals surface area contributed by atoms with Crippen molar-refractivity contribution in [1.82, 2.24) is 4.98 Å². The van der Waals surface area contributed by atoms with Crippen molar-refractivity contribution in [2.24, 2.45) is 0 Å². The molecule has 20 heavy (non-hydrogen) atoms. The van der Waals surface area contributed by atoms with Gasteiger partial charge in [-0.15, -0.1) is 0 Å². The van der Waals surface area contributed by atoms with Crippen molar-refractivity contribution in [3.8, 4) is 11.5 Å². The van der Waals surface area contributed by atoms with E-state index in [4.69, 9.17) is 34.8 Å². The van der Waals surface area contributed by atoms with Crippen LogP contribution in [0.1, 0.15) is 28.4 Å². The zero-order valence-corrected chi connectivity index (χ0v) is 12.6. The standard InChI is InChI=1S/C13H10Cl3NO3/c1-2-5-3-7(14)12(20)8(10(5)18)11(19)6-4-17-13(16)9(6)15/h3-4,17-18,20H,2H2,1H3. The van der Waals surface area contributed by atoms with Crippen LogP contribution >= 0.6 is 34.8 Å². The Morgan fingerprint density at radius 2 is 1.90 bits per heavy atom. The summed E-state index contributed by atoms with van der Waals surface area (Å²) in [5.41, 5.74) is 0.215. The molecule has 0 amide bonds. The minimum atomic E-state index is -0.662. The molecule has 0 bridgehead atoms. The van der Waals surface area contributed by atoms with Crippen LogP contribution in [0, 0.1) is 0 Å². The molecule has 1 heterocycles. The third-order valence-electron chi connectivity index (χ3n) is 2.93. The van der Waals surface area contributed by atoms with E-state index in [2.05, 4.69) is 4.98 Å². The maximum Gasteiger partial charge on any atom is 0.203 e. The van der Waals surface area contributed by atoms with Gasteiger partial charge in [0, 0.05) is 6.20 Å². The van der Waals surface area contributed by atoms with Crippen LogP contribution in [0.5, 0.6) is 11.5 Å². The van der Waals surface area contributed by atoms with Crippen molar-refractivity contribution in [2.75, 3.05) is 0 Å². The van der Waals surface area contributed by atoms with Gasteiger partial charge in [0.1, 0.15) is 22.2 Å². The number of aromatic amines is 1. The number of hydrogen-bond donors (Lipinski definition) is 3. The molecule has 0 atom stereocenters. The lowest BCUT2D eigenvalue weighted by atomic mass is 9.99. The molecule has 0 unspecified atom stereocenters. The van der Waals surface area contributed by atoms with Crippen LogP contribution in [0.4, 0.5) is 0 Å². The Balaban J connectivity index is 2.66. The quantitative estimate of drug-likeness (QED) is 0.737. The number of aromatic hydroxyl groups is 2. The number of hydrogen-bond acceptors (Lipinski definition) is 3. The molecule has 1 aromatic carbocycles. The zero-order chi connectivity index (χ0) is 15.0. The number of halogens is 3. The van der Waals surface area contributed by atoms with E-state index in [1.807, 2.05) is 0 Å². The summed E-state index contributed by atoms with van der Waals surface area (Å²) < 4.78 is 0. The number of nitrogens with one attached hydrogen (secondary N) is 1. The normalized spacial score (nSPS) is 10.8. The molecule has 0 spiro atoms. The second kappa shape index (κ2) is 5.56. The molecule has 0 aliphatic heterocycles. The second-order valence-electron chi connectivity index (χ2n) is 4.10. The molecule has 106 valence electrons. The third-order valence-corrected chi connectivity index (χ3v) is 4.01. The fourth-order valence-corrected chi connectivity index (χ4v) is 2.42. The third kappa shape index (κ3) is 2.35. The van der Waals surface area contributed by atoms with E-state index in [9.17, 15) is 15.0 Å². The molecule has 2 aromatic rings. The number of aromatic nitrogens is 1. The SMILES string of the molecule is CCc1cc(Cl)c(O)c(C(=O)c2c[nH]c(Cl)c2Cl)c1O. The predicted molar refractivity (Wildman–Crippen MR) is 78.4 cm³/mol. The molecule has 0 saturated carbocycles. The number of aryl methyl sites for hydroxylation is 1. The van der Waals surface area contributed by atoms with Gasteiger partial charge in [-0.1, -0.05) is 41.7 Å². The van der Waals surface area contributed by atoms with Crippen LogP contribution in [0.3, 0.4) is 0 Å². The van der Waals surface area contributed by atoms with Crippen LogP contribution < -0.4 is 0 Å². The molecule has 0 aliphatic rings. The Hall–Kier alpha value is -1.36. The molecule has 0 aliphatic carbocycles. The number of benzene rings is 1. The highest BCUT2D eigenvalue weighted by Crippen LogP contribution is 2.40. The van der Waals surface area contributed by atoms with Crippen LogP contribution in [0.25, 0.3) is 0 Å². The van der Waals surface area contributed by atoms with Crippen molar-refractivity contribution in [1.29, 1.82) is 0 Å². The van der Waals surface area contributed by atoms with E-state index < -0.39 is 11.5 Å². The highest BCUT2D eigenvalue weighted by atomic mass is 35.5. The van der Waals surface area contributed by atoms with E-state index in [0.717, 1.165) is 0 Å². The van der Waals surface area contributed by atoms with Crippen molar-refractivity contribution in [3.05, 3.63) is 44.2 Å². The first-order chi connectivity index (χ1) is 9.38. The first kappa shape index (κ1) is 15.0. The first-order valence-electron chi connectivity index (χ1n) is 5.68. The Morgan fingerprint density at radius 1 is 1.25 bits per heavy atom. The van der Waals surface area contributed by atoms with E-state index >= 15 is 0 Å². The molecule has 1 aromatic heterocycles. The van der Waals surface area contributed by atoms with Crippen molar-refractivity contribution >= 4 is 40.6 Å². The largest absolute Gasteiger partial charge is 0.507 e. The van der Waals surface area contributed by atoms with Gasteiger partial charge in [0.25, 0.3) is 0 Å². The van der Waals surface area contributed by atoms with Crippen molar-refractivity contribution in [3.63, 3.8) is 0 Å². The maximum atomic E-state index is 12.4. The summed E-state index contributed by atoms with van der Waals surface area (Å²) in [5.74, 6) is -1.46. The summed E-state index contributed by atoms with van der Waals surface area (Å²) >= 11 is 17.5. The number of carbonyl (C=O) groups is 1. The Labute approximate surface area is 129 Å². The summed E-state index contributed by atoms with van der Waals surface area (Å²) in [6.45, 7) is 1.79. The summed E-state index contributed by atoms with van der Waals surface area (Å²) in [5, 5.41) is 20.1. The highest BCUT2D eigenvalue weighted by molar-refractivity contribution is 6.44. The van der Waals surface area contributed by atoms with Crippen molar-refractivity contribution in [2.45, 2.75) is 13.3 Å². The summed E-state index contributed by atoms with van der Waals surface area (Å²) in [4.78, 5) is 15.0. The van der Waals surface area contributed by atoms with Gasteiger partial charge in [-0.05, 0) is 18.1 Å². The minimum Gasteiger partial charge on any atom is -0.507 e. The van der Waals surface area contributed by atoms with Gasteiger partial charge < -0.3 is 15.2 Å². The topological polar surface area (TPSA) is 73.3 Å². The summed E-state index contributed by atoms with van der Waals surface area (Å²) in [6.07, 6.45) is 1.76. The molecular weight excluding hydrogens is 325 g/mol. The van der Waals surface area contributed by atoms with E-state index in [1.54, 1.807) is 6.92 Å². The number of rotatable bonds is 3. The van der Waals surface area contributed by atoms with Gasteiger partial charge in [0.15, 0.2) is 0 Å². The van der Waals surface area contributed by atoms with Crippen LogP contribution in [-0.4, -0.2) is 21.0 Å². The lowest BCUT2D eigenvalue weighted by Crippen LogP contribution is -2.03. The summed E-state index contributed by atoms with van der Waals surface area (Å²) in [7, 11) is 0. The lowest BCUT2D eigenvalue weighted by molar-refractivity contribution is 0.103. The van der Waals surface area contributed by atoms with E-state index in [-0.39, 0.29) is 32.1 Å². The summed E-state index contributed by atoms with van der Waals surface area (Å²) in [6, 6.07) is 1.41. The smallest absolute Gasteiger partial charge is 0.203 e. The lowest BCUT2D eigenvalue weighted by Gasteiger charge is -2.11. The monoisotopic (exact) mass is 333 g/mol. The van der Waals surface area contributed by atoms with E-state index in [0.29, 0.717) is 12.0 Å². The molecule has 0 saturated heterocycles. The Bertz CT molecular complexity index is 695. The molecule has 4 nitrogen and oxygen atoms in total. The minimum absolute atomic E-state index is 0.0132. The van der Waals surface area contributed by atoms with Crippen LogP contribution in [0.15, 0.2) is 12.3 Å². The van der Waals surface area contributed by atoms with Crippen LogP contribution in [-0.2, 0) is 6.42 Å². The average Bonchev–Trinajstić information content (AvgIpc) is 2.74. The maximum absolute atomic E-state index is 12.4. The van der Waals surface area contributed by atoms with Crippen molar-refractivity contribution < 1.29 is 15.0 Å². The average molecular weight is 335 g/mol. The van der Waals surface area contributed by atoms with Gasteiger partial charge >= 0.3 is 0 Å². The van der Waals surface area contributed by atoms with Crippen LogP contribution in [0.2, 0.25) is 15.2 Å². The number of H-pyrrole nitrogens is 1. The number of ketones is 1.